The highest BCUT2D eigenvalue weighted by molar-refractivity contribution is 9.10. The van der Waals surface area contributed by atoms with Crippen LogP contribution in [0.2, 0.25) is 0 Å². The minimum atomic E-state index is -0.851. The molecule has 1 heterocycles. The van der Waals surface area contributed by atoms with Gasteiger partial charge in [0.25, 0.3) is 11.5 Å². The zero-order valence-corrected chi connectivity index (χ0v) is 16.7. The molecular formula is C20H17BrFN3O3. The molecule has 0 saturated carbocycles. The van der Waals surface area contributed by atoms with E-state index < -0.39 is 17.5 Å². The molecule has 28 heavy (non-hydrogen) atoms. The van der Waals surface area contributed by atoms with Crippen LogP contribution in [0.5, 0.6) is 5.88 Å². The van der Waals surface area contributed by atoms with Crippen LogP contribution in [0.3, 0.4) is 0 Å². The van der Waals surface area contributed by atoms with Gasteiger partial charge in [-0.3, -0.25) is 9.59 Å². The number of carbonyl (C=O) groups excluding carboxylic acids is 1. The number of nitrogens with one attached hydrogen (secondary N) is 1. The van der Waals surface area contributed by atoms with Crippen LogP contribution in [0.4, 0.5) is 10.1 Å². The Balaban J connectivity index is 1.74. The van der Waals surface area contributed by atoms with Gasteiger partial charge in [-0.05, 0) is 61.9 Å². The Kier molecular flexibility index (Phi) is 5.89. The average molecular weight is 446 g/mol. The quantitative estimate of drug-likeness (QED) is 0.647. The normalized spacial score (nSPS) is 11.7. The van der Waals surface area contributed by atoms with Gasteiger partial charge in [-0.2, -0.15) is 4.68 Å². The molecule has 3 rings (SSSR count). The fourth-order valence-electron chi connectivity index (χ4n) is 2.43. The summed E-state index contributed by atoms with van der Waals surface area (Å²) in [5.74, 6) is -0.681. The molecule has 1 N–H and O–H groups in total. The topological polar surface area (TPSA) is 73.2 Å². The fourth-order valence-corrected chi connectivity index (χ4v) is 2.67. The Morgan fingerprint density at radius 3 is 2.57 bits per heavy atom. The van der Waals surface area contributed by atoms with E-state index >= 15 is 0 Å². The summed E-state index contributed by atoms with van der Waals surface area (Å²) in [7, 11) is 0. The molecule has 0 radical (unpaired) electrons. The van der Waals surface area contributed by atoms with Crippen LogP contribution in [-0.2, 0) is 4.79 Å². The molecule has 0 aliphatic heterocycles. The molecule has 2 aromatic carbocycles. The van der Waals surface area contributed by atoms with E-state index in [2.05, 4.69) is 26.3 Å². The van der Waals surface area contributed by atoms with Gasteiger partial charge >= 0.3 is 0 Å². The van der Waals surface area contributed by atoms with Crippen LogP contribution < -0.4 is 15.6 Å². The van der Waals surface area contributed by atoms with Gasteiger partial charge in [-0.1, -0.05) is 15.9 Å². The highest BCUT2D eigenvalue weighted by Gasteiger charge is 2.17. The second-order valence-electron chi connectivity index (χ2n) is 6.11. The van der Waals surface area contributed by atoms with Crippen LogP contribution in [0.15, 0.2) is 63.9 Å². The van der Waals surface area contributed by atoms with Gasteiger partial charge in [-0.25, -0.2) is 4.39 Å². The van der Waals surface area contributed by atoms with E-state index in [4.69, 9.17) is 4.74 Å². The number of ether oxygens (including phenoxy) is 1. The number of anilines is 1. The first-order chi connectivity index (χ1) is 13.3. The minimum Gasteiger partial charge on any atom is -0.463 e. The van der Waals surface area contributed by atoms with E-state index in [1.807, 2.05) is 19.1 Å². The number of aromatic nitrogens is 2. The van der Waals surface area contributed by atoms with Crippen molar-refractivity contribution in [1.82, 2.24) is 9.78 Å². The summed E-state index contributed by atoms with van der Waals surface area (Å²) in [6, 6.07) is 13.4. The highest BCUT2D eigenvalue weighted by Crippen LogP contribution is 2.20. The van der Waals surface area contributed by atoms with Crippen LogP contribution in [0, 0.1) is 12.7 Å². The van der Waals surface area contributed by atoms with Crippen molar-refractivity contribution in [2.45, 2.75) is 20.0 Å². The van der Waals surface area contributed by atoms with Crippen molar-refractivity contribution in [2.24, 2.45) is 0 Å². The first-order valence-corrected chi connectivity index (χ1v) is 9.23. The van der Waals surface area contributed by atoms with Crippen LogP contribution in [0.25, 0.3) is 5.69 Å². The molecule has 3 aromatic rings. The monoisotopic (exact) mass is 445 g/mol. The average Bonchev–Trinajstić information content (AvgIpc) is 2.67. The van der Waals surface area contributed by atoms with Crippen LogP contribution in [-0.4, -0.2) is 21.8 Å². The fraction of sp³-hybridized carbons (Fsp3) is 0.150. The Labute approximate surface area is 169 Å². The minimum absolute atomic E-state index is 0.0959. The molecule has 1 atom stereocenters. The number of nitrogens with zero attached hydrogens (tertiary/aromatic N) is 2. The summed E-state index contributed by atoms with van der Waals surface area (Å²) < 4.78 is 20.7. The molecule has 0 aliphatic rings. The molecule has 0 unspecified atom stereocenters. The summed E-state index contributed by atoms with van der Waals surface area (Å²) in [6.07, 6.45) is -0.851. The molecular weight excluding hydrogens is 429 g/mol. The maximum Gasteiger partial charge on any atom is 0.271 e. The van der Waals surface area contributed by atoms with Crippen molar-refractivity contribution in [3.8, 4) is 11.6 Å². The van der Waals surface area contributed by atoms with E-state index in [0.29, 0.717) is 11.4 Å². The maximum atomic E-state index is 13.1. The third-order valence-electron chi connectivity index (χ3n) is 3.94. The largest absolute Gasteiger partial charge is 0.463 e. The third-order valence-corrected chi connectivity index (χ3v) is 4.83. The van der Waals surface area contributed by atoms with Crippen molar-refractivity contribution >= 4 is 27.5 Å². The van der Waals surface area contributed by atoms with E-state index in [1.165, 1.54) is 36.4 Å². The lowest BCUT2D eigenvalue weighted by atomic mass is 10.2. The standard InChI is InChI=1S/C20H17BrFN3O3/c1-12-11-15(5-8-17(12)21)23-20(27)13(2)28-18-9-10-19(26)25(24-18)16-6-3-14(22)4-7-16/h3-11,13H,1-2H3,(H,23,27)/t13-/m1/s1. The van der Waals surface area contributed by atoms with E-state index in [0.717, 1.165) is 14.7 Å². The van der Waals surface area contributed by atoms with Crippen LogP contribution >= 0.6 is 15.9 Å². The molecule has 144 valence electrons. The molecule has 1 aromatic heterocycles. The number of hydrogen-bond acceptors (Lipinski definition) is 4. The SMILES string of the molecule is Cc1cc(NC(=O)[C@@H](C)Oc2ccc(=O)n(-c3ccc(F)cc3)n2)ccc1Br. The van der Waals surface area contributed by atoms with Gasteiger partial charge in [0, 0.05) is 22.3 Å². The molecule has 0 saturated heterocycles. The summed E-state index contributed by atoms with van der Waals surface area (Å²) in [4.78, 5) is 24.4. The molecule has 0 fully saturated rings. The van der Waals surface area contributed by atoms with Gasteiger partial charge in [0.2, 0.25) is 5.88 Å². The summed E-state index contributed by atoms with van der Waals surface area (Å²) in [6.45, 7) is 3.50. The van der Waals surface area contributed by atoms with E-state index in [9.17, 15) is 14.0 Å². The maximum absolute atomic E-state index is 13.1. The summed E-state index contributed by atoms with van der Waals surface area (Å²) in [5.41, 5.74) is 1.62. The summed E-state index contributed by atoms with van der Waals surface area (Å²) in [5, 5.41) is 6.87. The predicted octanol–water partition coefficient (Wildman–Crippen LogP) is 3.85. The Bertz CT molecular complexity index is 1070. The molecule has 1 amide bonds. The van der Waals surface area contributed by atoms with Gasteiger partial charge < -0.3 is 10.1 Å². The Morgan fingerprint density at radius 1 is 1.18 bits per heavy atom. The Hall–Kier alpha value is -3.00. The van der Waals surface area contributed by atoms with Crippen molar-refractivity contribution in [3.63, 3.8) is 0 Å². The first kappa shape index (κ1) is 19.8. The second kappa shape index (κ2) is 8.35. The second-order valence-corrected chi connectivity index (χ2v) is 6.97. The number of hydrogen-bond donors (Lipinski definition) is 1. The van der Waals surface area contributed by atoms with Crippen molar-refractivity contribution in [1.29, 1.82) is 0 Å². The van der Waals surface area contributed by atoms with Gasteiger partial charge in [0.15, 0.2) is 6.10 Å². The first-order valence-electron chi connectivity index (χ1n) is 8.43. The molecule has 0 bridgehead atoms. The Morgan fingerprint density at radius 2 is 1.89 bits per heavy atom. The third kappa shape index (κ3) is 4.64. The lowest BCUT2D eigenvalue weighted by Crippen LogP contribution is -2.31. The van der Waals surface area contributed by atoms with Gasteiger partial charge in [-0.15, -0.1) is 5.10 Å². The van der Waals surface area contributed by atoms with Crippen molar-refractivity contribution in [2.75, 3.05) is 5.32 Å². The molecule has 0 spiro atoms. The molecule has 8 heteroatoms. The van der Waals surface area contributed by atoms with E-state index in [-0.39, 0.29) is 11.8 Å². The zero-order chi connectivity index (χ0) is 20.3. The van der Waals surface area contributed by atoms with Gasteiger partial charge in [0.1, 0.15) is 5.82 Å². The number of carbonyl (C=O) groups is 1. The van der Waals surface area contributed by atoms with E-state index in [1.54, 1.807) is 13.0 Å². The summed E-state index contributed by atoms with van der Waals surface area (Å²) >= 11 is 3.41. The zero-order valence-electron chi connectivity index (χ0n) is 15.1. The number of rotatable bonds is 5. The smallest absolute Gasteiger partial charge is 0.271 e. The van der Waals surface area contributed by atoms with Gasteiger partial charge in [0.05, 0.1) is 5.69 Å². The molecule has 6 nitrogen and oxygen atoms in total. The lowest BCUT2D eigenvalue weighted by Gasteiger charge is -2.15. The number of amides is 1. The lowest BCUT2D eigenvalue weighted by molar-refractivity contribution is -0.122. The number of aryl methyl sites for hydroxylation is 1. The highest BCUT2D eigenvalue weighted by atomic mass is 79.9. The van der Waals surface area contributed by atoms with Crippen molar-refractivity contribution < 1.29 is 13.9 Å². The van der Waals surface area contributed by atoms with Crippen LogP contribution in [0.1, 0.15) is 12.5 Å². The molecule has 0 aliphatic carbocycles. The van der Waals surface area contributed by atoms with Crippen molar-refractivity contribution in [3.05, 3.63) is 80.8 Å². The predicted molar refractivity (Wildman–Crippen MR) is 107 cm³/mol. The number of benzene rings is 2. The number of halogens is 2.